The minimum absolute atomic E-state index is 0.607. The summed E-state index contributed by atoms with van der Waals surface area (Å²) in [5.74, 6) is 1.46. The summed E-state index contributed by atoms with van der Waals surface area (Å²) in [6.45, 7) is 8.71. The second-order valence-corrected chi connectivity index (χ2v) is 6.18. The highest BCUT2D eigenvalue weighted by molar-refractivity contribution is 7.16. The fraction of sp³-hybridized carbons (Fsp3) is 0.571. The molecule has 1 fully saturated rings. The number of thiophene rings is 1. The van der Waals surface area contributed by atoms with Crippen LogP contribution in [0.3, 0.4) is 0 Å². The molecule has 0 atom stereocenters. The molecule has 3 rings (SSSR count). The van der Waals surface area contributed by atoms with E-state index >= 15 is 0 Å². The van der Waals surface area contributed by atoms with Gasteiger partial charge in [-0.1, -0.05) is 6.92 Å². The molecule has 0 amide bonds. The van der Waals surface area contributed by atoms with Gasteiger partial charge in [0.15, 0.2) is 0 Å². The molecule has 0 bridgehead atoms. The van der Waals surface area contributed by atoms with E-state index in [0.29, 0.717) is 5.82 Å². The lowest BCUT2D eigenvalue weighted by Crippen LogP contribution is -2.46. The molecule has 6 heteroatoms. The fourth-order valence-corrected chi connectivity index (χ4v) is 3.47. The van der Waals surface area contributed by atoms with Crippen molar-refractivity contribution in [1.82, 2.24) is 19.8 Å². The van der Waals surface area contributed by atoms with E-state index in [0.717, 1.165) is 48.8 Å². The fourth-order valence-electron chi connectivity index (χ4n) is 2.68. The lowest BCUT2D eigenvalue weighted by Gasteiger charge is -2.34. The number of fused-ring (bicyclic) bond motifs is 1. The molecule has 20 heavy (non-hydrogen) atoms. The van der Waals surface area contributed by atoms with Crippen LogP contribution >= 0.6 is 11.3 Å². The van der Waals surface area contributed by atoms with Crippen LogP contribution < -0.4 is 5.73 Å². The molecule has 5 nitrogen and oxygen atoms in total. The number of piperazine rings is 1. The first-order chi connectivity index (χ1) is 9.76. The predicted octanol–water partition coefficient (Wildman–Crippen LogP) is 1.80. The summed E-state index contributed by atoms with van der Waals surface area (Å²) in [6.07, 6.45) is 1.23. The van der Waals surface area contributed by atoms with Gasteiger partial charge in [-0.25, -0.2) is 9.97 Å². The van der Waals surface area contributed by atoms with Crippen LogP contribution in [0, 0.1) is 0 Å². The summed E-state index contributed by atoms with van der Waals surface area (Å²) in [4.78, 5) is 15.0. The second-order valence-electron chi connectivity index (χ2n) is 5.28. The SMILES string of the molecule is CCCN1CCN(Cc2nc(N)c3ccsc3n2)CC1. The van der Waals surface area contributed by atoms with Crippen molar-refractivity contribution < 1.29 is 0 Å². The van der Waals surface area contributed by atoms with Gasteiger partial charge >= 0.3 is 0 Å². The Morgan fingerprint density at radius 2 is 1.95 bits per heavy atom. The Bertz CT molecular complexity index is 574. The molecule has 2 aromatic heterocycles. The minimum atomic E-state index is 0.607. The van der Waals surface area contributed by atoms with Crippen molar-refractivity contribution in [1.29, 1.82) is 0 Å². The molecule has 0 radical (unpaired) electrons. The highest BCUT2D eigenvalue weighted by atomic mass is 32.1. The third kappa shape index (κ3) is 2.92. The van der Waals surface area contributed by atoms with Crippen LogP contribution in [0.25, 0.3) is 10.2 Å². The van der Waals surface area contributed by atoms with Gasteiger partial charge in [0.2, 0.25) is 0 Å². The largest absolute Gasteiger partial charge is 0.383 e. The average Bonchev–Trinajstić information content (AvgIpc) is 2.90. The molecule has 0 aromatic carbocycles. The maximum atomic E-state index is 6.00. The summed E-state index contributed by atoms with van der Waals surface area (Å²) in [7, 11) is 0. The maximum Gasteiger partial charge on any atom is 0.146 e. The van der Waals surface area contributed by atoms with Crippen molar-refractivity contribution in [3.8, 4) is 0 Å². The van der Waals surface area contributed by atoms with Crippen molar-refractivity contribution in [2.75, 3.05) is 38.5 Å². The number of rotatable bonds is 4. The van der Waals surface area contributed by atoms with Gasteiger partial charge in [-0.05, 0) is 24.4 Å². The first kappa shape index (κ1) is 13.7. The lowest BCUT2D eigenvalue weighted by atomic mass is 10.3. The zero-order valence-corrected chi connectivity index (χ0v) is 12.7. The molecule has 3 heterocycles. The number of nitrogens with two attached hydrogens (primary N) is 1. The zero-order valence-electron chi connectivity index (χ0n) is 11.9. The second kappa shape index (κ2) is 6.03. The van der Waals surface area contributed by atoms with Gasteiger partial charge in [-0.2, -0.15) is 0 Å². The van der Waals surface area contributed by atoms with Gasteiger partial charge in [-0.15, -0.1) is 11.3 Å². The summed E-state index contributed by atoms with van der Waals surface area (Å²) in [5.41, 5.74) is 6.00. The molecule has 2 N–H and O–H groups in total. The molecule has 0 saturated carbocycles. The number of nitrogens with zero attached hydrogens (tertiary/aromatic N) is 4. The Morgan fingerprint density at radius 3 is 2.70 bits per heavy atom. The Labute approximate surface area is 123 Å². The van der Waals surface area contributed by atoms with E-state index in [-0.39, 0.29) is 0 Å². The molecule has 108 valence electrons. The van der Waals surface area contributed by atoms with Crippen molar-refractivity contribution in [3.05, 3.63) is 17.3 Å². The molecule has 2 aromatic rings. The molecule has 1 saturated heterocycles. The molecular weight excluding hydrogens is 270 g/mol. The average molecular weight is 291 g/mol. The Morgan fingerprint density at radius 1 is 1.20 bits per heavy atom. The quantitative estimate of drug-likeness (QED) is 0.931. The van der Waals surface area contributed by atoms with E-state index in [9.17, 15) is 0 Å². The smallest absolute Gasteiger partial charge is 0.146 e. The molecule has 0 spiro atoms. The van der Waals surface area contributed by atoms with Crippen LogP contribution in [0.15, 0.2) is 11.4 Å². The van der Waals surface area contributed by atoms with Crippen molar-refractivity contribution >= 4 is 27.4 Å². The van der Waals surface area contributed by atoms with Gasteiger partial charge < -0.3 is 10.6 Å². The standard InChI is InChI=1S/C14H21N5S/c1-2-4-18-5-7-19(8-6-18)10-12-16-13(15)11-3-9-20-14(11)17-12/h3,9H,2,4-8,10H2,1H3,(H2,15,16,17). The predicted molar refractivity (Wildman–Crippen MR) is 83.8 cm³/mol. The number of aromatic nitrogens is 2. The van der Waals surface area contributed by atoms with Crippen LogP contribution in [0.2, 0.25) is 0 Å². The topological polar surface area (TPSA) is 58.3 Å². The molecular formula is C14H21N5S. The Kier molecular flexibility index (Phi) is 4.14. The van der Waals surface area contributed by atoms with Crippen LogP contribution in [-0.4, -0.2) is 52.5 Å². The summed E-state index contributed by atoms with van der Waals surface area (Å²) < 4.78 is 0. The van der Waals surface area contributed by atoms with E-state index < -0.39 is 0 Å². The zero-order chi connectivity index (χ0) is 13.9. The van der Waals surface area contributed by atoms with E-state index in [1.807, 2.05) is 11.4 Å². The van der Waals surface area contributed by atoms with Gasteiger partial charge in [0, 0.05) is 26.2 Å². The number of nitrogen functional groups attached to an aromatic ring is 1. The van der Waals surface area contributed by atoms with Crippen LogP contribution in [-0.2, 0) is 6.54 Å². The summed E-state index contributed by atoms with van der Waals surface area (Å²) in [6, 6.07) is 1.99. The Balaban J connectivity index is 1.65. The van der Waals surface area contributed by atoms with Crippen LogP contribution in [0.5, 0.6) is 0 Å². The summed E-state index contributed by atoms with van der Waals surface area (Å²) >= 11 is 1.63. The highest BCUT2D eigenvalue weighted by Gasteiger charge is 2.17. The van der Waals surface area contributed by atoms with E-state index in [2.05, 4.69) is 26.7 Å². The van der Waals surface area contributed by atoms with E-state index in [1.165, 1.54) is 13.0 Å². The lowest BCUT2D eigenvalue weighted by molar-refractivity contribution is 0.125. The highest BCUT2D eigenvalue weighted by Crippen LogP contribution is 2.23. The van der Waals surface area contributed by atoms with Crippen molar-refractivity contribution in [3.63, 3.8) is 0 Å². The van der Waals surface area contributed by atoms with Crippen molar-refractivity contribution in [2.45, 2.75) is 19.9 Å². The molecule has 1 aliphatic rings. The minimum Gasteiger partial charge on any atom is -0.383 e. The first-order valence-electron chi connectivity index (χ1n) is 7.20. The molecule has 1 aliphatic heterocycles. The van der Waals surface area contributed by atoms with Crippen molar-refractivity contribution in [2.24, 2.45) is 0 Å². The Hall–Kier alpha value is -1.24. The number of hydrogen-bond acceptors (Lipinski definition) is 6. The van der Waals surface area contributed by atoms with E-state index in [1.54, 1.807) is 11.3 Å². The third-order valence-corrected chi connectivity index (χ3v) is 4.58. The molecule has 0 unspecified atom stereocenters. The van der Waals surface area contributed by atoms with Gasteiger partial charge in [0.1, 0.15) is 16.5 Å². The maximum absolute atomic E-state index is 6.00. The van der Waals surface area contributed by atoms with Crippen LogP contribution in [0.4, 0.5) is 5.82 Å². The van der Waals surface area contributed by atoms with Gasteiger partial charge in [-0.3, -0.25) is 4.90 Å². The van der Waals surface area contributed by atoms with Gasteiger partial charge in [0.05, 0.1) is 11.9 Å². The van der Waals surface area contributed by atoms with Gasteiger partial charge in [0.25, 0.3) is 0 Å². The first-order valence-corrected chi connectivity index (χ1v) is 8.08. The monoisotopic (exact) mass is 291 g/mol. The number of anilines is 1. The molecule has 0 aliphatic carbocycles. The van der Waals surface area contributed by atoms with Crippen LogP contribution in [0.1, 0.15) is 19.2 Å². The normalized spacial score (nSPS) is 17.9. The summed E-state index contributed by atoms with van der Waals surface area (Å²) in [5, 5.41) is 3.00. The third-order valence-electron chi connectivity index (χ3n) is 3.77. The number of hydrogen-bond donors (Lipinski definition) is 1. The van der Waals surface area contributed by atoms with E-state index in [4.69, 9.17) is 5.73 Å².